The van der Waals surface area contributed by atoms with Crippen LogP contribution in [0.25, 0.3) is 10.2 Å². The third-order valence-corrected chi connectivity index (χ3v) is 4.65. The van der Waals surface area contributed by atoms with Gasteiger partial charge in [0.25, 0.3) is 5.91 Å². The van der Waals surface area contributed by atoms with E-state index >= 15 is 0 Å². The number of methoxy groups -OCH3 is 1. The summed E-state index contributed by atoms with van der Waals surface area (Å²) in [6, 6.07) is 10.0. The lowest BCUT2D eigenvalue weighted by atomic mass is 10.1. The number of thiazole rings is 1. The molecule has 0 radical (unpaired) electrons. The van der Waals surface area contributed by atoms with Gasteiger partial charge in [0.15, 0.2) is 10.9 Å². The van der Waals surface area contributed by atoms with Gasteiger partial charge >= 0.3 is 5.69 Å². The molecule has 0 bridgehead atoms. The molecule has 25 heavy (non-hydrogen) atoms. The number of rotatable bonds is 5. The van der Waals surface area contributed by atoms with Crippen molar-refractivity contribution in [3.8, 4) is 5.75 Å². The minimum absolute atomic E-state index is 0.105. The van der Waals surface area contributed by atoms with Gasteiger partial charge in [-0.15, -0.1) is 0 Å². The number of hydrogen-bond donors (Lipinski definition) is 1. The molecule has 3 aromatic rings. The minimum atomic E-state index is -0.584. The van der Waals surface area contributed by atoms with E-state index in [-0.39, 0.29) is 17.0 Å². The van der Waals surface area contributed by atoms with Crippen molar-refractivity contribution in [2.75, 3.05) is 12.4 Å². The van der Waals surface area contributed by atoms with Crippen LogP contribution in [0.1, 0.15) is 22.8 Å². The topological polar surface area (TPSA) is 94.4 Å². The molecule has 0 saturated heterocycles. The first-order chi connectivity index (χ1) is 12.0. The molecule has 7 nitrogen and oxygen atoms in total. The van der Waals surface area contributed by atoms with Crippen molar-refractivity contribution < 1.29 is 14.5 Å². The summed E-state index contributed by atoms with van der Waals surface area (Å²) >= 11 is 1.37. The van der Waals surface area contributed by atoms with E-state index in [1.54, 1.807) is 0 Å². The molecule has 8 heteroatoms. The lowest BCUT2D eigenvalue weighted by molar-refractivity contribution is -0.385. The first-order valence-electron chi connectivity index (χ1n) is 7.55. The summed E-state index contributed by atoms with van der Waals surface area (Å²) in [5, 5.41) is 14.2. The lowest BCUT2D eigenvalue weighted by Crippen LogP contribution is -2.12. The highest BCUT2D eigenvalue weighted by atomic mass is 32.1. The van der Waals surface area contributed by atoms with Gasteiger partial charge in [0.2, 0.25) is 0 Å². The van der Waals surface area contributed by atoms with E-state index < -0.39 is 10.8 Å². The number of aromatic nitrogens is 1. The molecule has 3 rings (SSSR count). The summed E-state index contributed by atoms with van der Waals surface area (Å²) < 4.78 is 5.92. The number of nitro benzene ring substituents is 1. The molecule has 0 unspecified atom stereocenters. The second-order valence-electron chi connectivity index (χ2n) is 5.27. The number of ether oxygens (including phenoxy) is 1. The molecule has 0 saturated carbocycles. The molecule has 0 aliphatic heterocycles. The van der Waals surface area contributed by atoms with Crippen LogP contribution in [0.4, 0.5) is 10.8 Å². The number of benzene rings is 2. The molecular formula is C17H15N3O4S. The number of anilines is 1. The molecule has 0 spiro atoms. The third-order valence-electron chi connectivity index (χ3n) is 3.72. The normalized spacial score (nSPS) is 10.6. The van der Waals surface area contributed by atoms with Crippen LogP contribution in [0.3, 0.4) is 0 Å². The molecule has 0 atom stereocenters. The Kier molecular flexibility index (Phi) is 4.62. The highest BCUT2D eigenvalue weighted by Gasteiger charge is 2.19. The van der Waals surface area contributed by atoms with E-state index in [9.17, 15) is 14.9 Å². The molecule has 0 aliphatic rings. The van der Waals surface area contributed by atoms with E-state index in [2.05, 4.69) is 17.2 Å². The van der Waals surface area contributed by atoms with Crippen LogP contribution in [0.5, 0.6) is 5.75 Å². The van der Waals surface area contributed by atoms with Gasteiger partial charge in [0.05, 0.1) is 22.2 Å². The van der Waals surface area contributed by atoms with Gasteiger partial charge in [-0.1, -0.05) is 24.3 Å². The van der Waals surface area contributed by atoms with Gasteiger partial charge < -0.3 is 4.74 Å². The number of nitrogens with zero attached hydrogens (tertiary/aromatic N) is 2. The van der Waals surface area contributed by atoms with E-state index in [1.165, 1.54) is 42.2 Å². The number of nitrogens with one attached hydrogen (secondary N) is 1. The summed E-state index contributed by atoms with van der Waals surface area (Å²) in [5.41, 5.74) is 1.91. The molecule has 0 fully saturated rings. The Morgan fingerprint density at radius 1 is 1.32 bits per heavy atom. The monoisotopic (exact) mass is 357 g/mol. The zero-order valence-corrected chi connectivity index (χ0v) is 14.4. The van der Waals surface area contributed by atoms with E-state index in [0.29, 0.717) is 5.13 Å². The van der Waals surface area contributed by atoms with Crippen LogP contribution >= 0.6 is 11.3 Å². The first-order valence-corrected chi connectivity index (χ1v) is 8.36. The van der Waals surface area contributed by atoms with Crippen LogP contribution < -0.4 is 10.1 Å². The third kappa shape index (κ3) is 3.43. The van der Waals surface area contributed by atoms with Crippen molar-refractivity contribution in [3.63, 3.8) is 0 Å². The van der Waals surface area contributed by atoms with Crippen molar-refractivity contribution in [2.45, 2.75) is 13.3 Å². The van der Waals surface area contributed by atoms with Crippen LogP contribution in [0.2, 0.25) is 0 Å². The first kappa shape index (κ1) is 16.8. The van der Waals surface area contributed by atoms with E-state index in [4.69, 9.17) is 4.74 Å². The number of carbonyl (C=O) groups excluding carboxylic acids is 1. The summed E-state index contributed by atoms with van der Waals surface area (Å²) in [7, 11) is 1.34. The van der Waals surface area contributed by atoms with Gasteiger partial charge in [-0.05, 0) is 36.2 Å². The maximum Gasteiger partial charge on any atom is 0.311 e. The maximum atomic E-state index is 12.4. The van der Waals surface area contributed by atoms with Crippen LogP contribution in [0.15, 0.2) is 36.4 Å². The fourth-order valence-corrected chi connectivity index (χ4v) is 3.31. The predicted octanol–water partition coefficient (Wildman–Crippen LogP) is 4.03. The van der Waals surface area contributed by atoms with Crippen LogP contribution in [0, 0.1) is 10.1 Å². The second-order valence-corrected chi connectivity index (χ2v) is 6.30. The standard InChI is InChI=1S/C17H15N3O4S/c1-3-10-4-6-12-15(8-10)25-17(18-12)19-16(21)11-5-7-14(24-2)13(9-11)20(22)23/h4-9H,3H2,1-2H3,(H,18,19,21). The molecule has 1 aromatic heterocycles. The number of amides is 1. The summed E-state index contributed by atoms with van der Waals surface area (Å²) in [4.78, 5) is 27.2. The average molecular weight is 357 g/mol. The molecule has 1 heterocycles. The Morgan fingerprint density at radius 2 is 2.12 bits per heavy atom. The highest BCUT2D eigenvalue weighted by Crippen LogP contribution is 2.30. The van der Waals surface area contributed by atoms with Gasteiger partial charge in [-0.25, -0.2) is 4.98 Å². The Balaban J connectivity index is 1.87. The Bertz CT molecular complexity index is 968. The molecular weight excluding hydrogens is 342 g/mol. The second kappa shape index (κ2) is 6.86. The van der Waals surface area contributed by atoms with Gasteiger partial charge in [0.1, 0.15) is 0 Å². The minimum Gasteiger partial charge on any atom is -0.490 e. The van der Waals surface area contributed by atoms with Crippen LogP contribution in [-0.2, 0) is 6.42 Å². The smallest absolute Gasteiger partial charge is 0.311 e. The Labute approximate surface area is 147 Å². The predicted molar refractivity (Wildman–Crippen MR) is 96.6 cm³/mol. The quantitative estimate of drug-likeness (QED) is 0.549. The van der Waals surface area contributed by atoms with E-state index in [1.807, 2.05) is 18.2 Å². The fraction of sp³-hybridized carbons (Fsp3) is 0.176. The van der Waals surface area contributed by atoms with Crippen molar-refractivity contribution in [3.05, 3.63) is 57.6 Å². The molecule has 1 N–H and O–H groups in total. The number of carbonyl (C=O) groups is 1. The van der Waals surface area contributed by atoms with Crippen molar-refractivity contribution in [1.82, 2.24) is 4.98 Å². The lowest BCUT2D eigenvalue weighted by Gasteiger charge is -2.04. The molecule has 128 valence electrons. The summed E-state index contributed by atoms with van der Waals surface area (Å²) in [5.74, 6) is -0.353. The van der Waals surface area contributed by atoms with Gasteiger partial charge in [0, 0.05) is 11.6 Å². The summed E-state index contributed by atoms with van der Waals surface area (Å²) in [6.45, 7) is 2.07. The van der Waals surface area contributed by atoms with Crippen molar-refractivity contribution in [1.29, 1.82) is 0 Å². The molecule has 2 aromatic carbocycles. The summed E-state index contributed by atoms with van der Waals surface area (Å²) in [6.07, 6.45) is 0.922. The maximum absolute atomic E-state index is 12.4. The average Bonchev–Trinajstić information content (AvgIpc) is 3.02. The van der Waals surface area contributed by atoms with E-state index in [0.717, 1.165) is 16.6 Å². The molecule has 1 amide bonds. The fourth-order valence-electron chi connectivity index (χ4n) is 2.39. The van der Waals surface area contributed by atoms with Gasteiger partial charge in [-0.3, -0.25) is 20.2 Å². The molecule has 0 aliphatic carbocycles. The number of hydrogen-bond acceptors (Lipinski definition) is 6. The Morgan fingerprint density at radius 3 is 2.80 bits per heavy atom. The highest BCUT2D eigenvalue weighted by molar-refractivity contribution is 7.22. The SMILES string of the molecule is CCc1ccc2nc(NC(=O)c3ccc(OC)c([N+](=O)[O-])c3)sc2c1. The van der Waals surface area contributed by atoms with Gasteiger partial charge in [-0.2, -0.15) is 0 Å². The van der Waals surface area contributed by atoms with Crippen molar-refractivity contribution in [2.24, 2.45) is 0 Å². The van der Waals surface area contributed by atoms with Crippen molar-refractivity contribution >= 4 is 38.3 Å². The Hall–Kier alpha value is -3.00. The number of nitro groups is 1. The largest absolute Gasteiger partial charge is 0.490 e. The number of aryl methyl sites for hydroxylation is 1. The zero-order chi connectivity index (χ0) is 18.0. The number of fused-ring (bicyclic) bond motifs is 1. The zero-order valence-electron chi connectivity index (χ0n) is 13.6. The van der Waals surface area contributed by atoms with Crippen LogP contribution in [-0.4, -0.2) is 22.9 Å².